The highest BCUT2D eigenvalue weighted by atomic mass is 32.1. The molecule has 9 heteroatoms. The minimum absolute atomic E-state index is 0.337. The number of carbonyl (C=O) groups is 1. The molecule has 0 bridgehead atoms. The maximum absolute atomic E-state index is 12.0. The molecule has 1 fully saturated rings. The number of ether oxygens (including phenoxy) is 1. The highest BCUT2D eigenvalue weighted by Gasteiger charge is 2.22. The number of aryl methyl sites for hydroxylation is 2. The summed E-state index contributed by atoms with van der Waals surface area (Å²) in [6, 6.07) is 0. The fourth-order valence-corrected chi connectivity index (χ4v) is 4.32. The van der Waals surface area contributed by atoms with Crippen LogP contribution in [0.15, 0.2) is 17.8 Å². The highest BCUT2D eigenvalue weighted by Crippen LogP contribution is 2.28. The molecule has 0 aliphatic carbocycles. The van der Waals surface area contributed by atoms with Gasteiger partial charge in [0, 0.05) is 45.6 Å². The van der Waals surface area contributed by atoms with Crippen LogP contribution < -0.4 is 5.32 Å². The molecular weight excluding hydrogens is 382 g/mol. The SMILES string of the molecule is COC(=O)c1scc(C)c1NC(=S)N1CCCN(Cc2nccn2C)CC1. The lowest BCUT2D eigenvalue weighted by Crippen LogP contribution is -2.38. The molecule has 1 aliphatic rings. The molecule has 1 aliphatic heterocycles. The number of thiophene rings is 1. The fraction of sp³-hybridized carbons (Fsp3) is 0.500. The predicted molar refractivity (Wildman–Crippen MR) is 111 cm³/mol. The maximum atomic E-state index is 12.0. The van der Waals surface area contributed by atoms with Crippen molar-refractivity contribution >= 4 is 40.3 Å². The summed E-state index contributed by atoms with van der Waals surface area (Å²) in [6.45, 7) is 6.46. The second-order valence-corrected chi connectivity index (χ2v) is 7.88. The number of nitrogens with zero attached hydrogens (tertiary/aromatic N) is 4. The first-order valence-electron chi connectivity index (χ1n) is 8.90. The van der Waals surface area contributed by atoms with E-state index in [0.29, 0.717) is 9.99 Å². The number of anilines is 1. The molecular formula is C18H25N5O2S2. The molecule has 1 saturated heterocycles. The number of carbonyl (C=O) groups excluding carboxylic acids is 1. The van der Waals surface area contributed by atoms with E-state index in [-0.39, 0.29) is 5.97 Å². The Morgan fingerprint density at radius 1 is 1.37 bits per heavy atom. The average molecular weight is 408 g/mol. The molecule has 146 valence electrons. The van der Waals surface area contributed by atoms with Gasteiger partial charge in [0.15, 0.2) is 5.11 Å². The van der Waals surface area contributed by atoms with Crippen LogP contribution in [0.2, 0.25) is 0 Å². The van der Waals surface area contributed by atoms with E-state index >= 15 is 0 Å². The van der Waals surface area contributed by atoms with E-state index in [0.717, 1.165) is 56.2 Å². The van der Waals surface area contributed by atoms with Crippen molar-refractivity contribution in [2.75, 3.05) is 38.6 Å². The molecule has 0 saturated carbocycles. The topological polar surface area (TPSA) is 62.6 Å². The Hall–Kier alpha value is -1.97. The Bertz CT molecular complexity index is 817. The molecule has 3 rings (SSSR count). The van der Waals surface area contributed by atoms with Crippen molar-refractivity contribution in [1.29, 1.82) is 0 Å². The number of rotatable bonds is 4. The molecule has 0 spiro atoms. The first kappa shape index (κ1) is 19.8. The summed E-state index contributed by atoms with van der Waals surface area (Å²) in [5.41, 5.74) is 1.75. The van der Waals surface area contributed by atoms with Crippen LogP contribution in [0.4, 0.5) is 5.69 Å². The number of nitrogens with one attached hydrogen (secondary N) is 1. The van der Waals surface area contributed by atoms with Crippen molar-refractivity contribution in [3.63, 3.8) is 0 Å². The van der Waals surface area contributed by atoms with Crippen molar-refractivity contribution in [2.24, 2.45) is 7.05 Å². The minimum Gasteiger partial charge on any atom is -0.465 e. The number of hydrogen-bond donors (Lipinski definition) is 1. The number of hydrogen-bond acceptors (Lipinski definition) is 6. The van der Waals surface area contributed by atoms with Crippen molar-refractivity contribution in [1.82, 2.24) is 19.4 Å². The number of esters is 1. The Kier molecular flexibility index (Phi) is 6.46. The molecule has 2 aromatic rings. The van der Waals surface area contributed by atoms with Gasteiger partial charge in [-0.05, 0) is 36.5 Å². The number of thiocarbonyl (C=S) groups is 1. The van der Waals surface area contributed by atoms with Gasteiger partial charge in [-0.2, -0.15) is 0 Å². The third-order valence-corrected chi connectivity index (χ3v) is 6.18. The van der Waals surface area contributed by atoms with Crippen LogP contribution >= 0.6 is 23.6 Å². The third kappa shape index (κ3) is 4.66. The minimum atomic E-state index is -0.337. The summed E-state index contributed by atoms with van der Waals surface area (Å²) < 4.78 is 6.93. The van der Waals surface area contributed by atoms with Crippen molar-refractivity contribution in [3.05, 3.63) is 34.0 Å². The fourth-order valence-electron chi connectivity index (χ4n) is 3.11. The summed E-state index contributed by atoms with van der Waals surface area (Å²) >= 11 is 7.00. The second-order valence-electron chi connectivity index (χ2n) is 6.62. The van der Waals surface area contributed by atoms with E-state index in [1.54, 1.807) is 0 Å². The Labute approximate surface area is 168 Å². The summed E-state index contributed by atoms with van der Waals surface area (Å²) in [5, 5.41) is 5.86. The van der Waals surface area contributed by atoms with E-state index in [1.165, 1.54) is 18.4 Å². The van der Waals surface area contributed by atoms with Gasteiger partial charge in [0.25, 0.3) is 0 Å². The van der Waals surface area contributed by atoms with Crippen LogP contribution in [0.1, 0.15) is 27.5 Å². The molecule has 0 aromatic carbocycles. The van der Waals surface area contributed by atoms with Gasteiger partial charge in [-0.1, -0.05) is 0 Å². The summed E-state index contributed by atoms with van der Waals surface area (Å²) in [5.74, 6) is 0.733. The number of aromatic nitrogens is 2. The van der Waals surface area contributed by atoms with Gasteiger partial charge in [-0.15, -0.1) is 11.3 Å². The monoisotopic (exact) mass is 407 g/mol. The van der Waals surface area contributed by atoms with Crippen LogP contribution in [-0.4, -0.2) is 63.7 Å². The van der Waals surface area contributed by atoms with E-state index < -0.39 is 0 Å². The van der Waals surface area contributed by atoms with Crippen LogP contribution in [0.25, 0.3) is 0 Å². The maximum Gasteiger partial charge on any atom is 0.350 e. The molecule has 7 nitrogen and oxygen atoms in total. The molecule has 2 aromatic heterocycles. The quantitative estimate of drug-likeness (QED) is 0.617. The molecule has 0 atom stereocenters. The van der Waals surface area contributed by atoms with Crippen LogP contribution in [0.3, 0.4) is 0 Å². The summed E-state index contributed by atoms with van der Waals surface area (Å²) in [6.07, 6.45) is 4.83. The standard InChI is InChI=1S/C18H25N5O2S2/c1-13-12-27-16(17(24)25-3)15(13)20-18(26)23-7-4-6-22(9-10-23)11-14-19-5-8-21(14)2/h5,8,12H,4,6-7,9-11H2,1-3H3,(H,20,26). The Morgan fingerprint density at radius 3 is 2.89 bits per heavy atom. The van der Waals surface area contributed by atoms with E-state index in [4.69, 9.17) is 17.0 Å². The Morgan fingerprint density at radius 2 is 2.19 bits per heavy atom. The third-order valence-electron chi connectivity index (χ3n) is 4.74. The zero-order chi connectivity index (χ0) is 19.4. The van der Waals surface area contributed by atoms with Crippen molar-refractivity contribution in [2.45, 2.75) is 19.9 Å². The molecule has 0 amide bonds. The largest absolute Gasteiger partial charge is 0.465 e. The molecule has 27 heavy (non-hydrogen) atoms. The lowest BCUT2D eigenvalue weighted by Gasteiger charge is -2.25. The van der Waals surface area contributed by atoms with Gasteiger partial charge < -0.3 is 19.5 Å². The zero-order valence-corrected chi connectivity index (χ0v) is 17.5. The first-order valence-corrected chi connectivity index (χ1v) is 10.2. The molecule has 3 heterocycles. The van der Waals surface area contributed by atoms with Gasteiger partial charge >= 0.3 is 5.97 Å². The van der Waals surface area contributed by atoms with Crippen LogP contribution in [0.5, 0.6) is 0 Å². The van der Waals surface area contributed by atoms with Gasteiger partial charge in [-0.3, -0.25) is 4.90 Å². The highest BCUT2D eigenvalue weighted by molar-refractivity contribution is 7.80. The van der Waals surface area contributed by atoms with Crippen LogP contribution in [0, 0.1) is 6.92 Å². The lowest BCUT2D eigenvalue weighted by molar-refractivity contribution is 0.0607. The first-order chi connectivity index (χ1) is 13.0. The normalized spacial score (nSPS) is 15.4. The molecule has 0 unspecified atom stereocenters. The van der Waals surface area contributed by atoms with Crippen molar-refractivity contribution in [3.8, 4) is 0 Å². The van der Waals surface area contributed by atoms with Gasteiger partial charge in [-0.25, -0.2) is 9.78 Å². The van der Waals surface area contributed by atoms with E-state index in [9.17, 15) is 4.79 Å². The summed E-state index contributed by atoms with van der Waals surface area (Å²) in [4.78, 5) is 21.5. The number of imidazole rings is 1. The van der Waals surface area contributed by atoms with Crippen molar-refractivity contribution < 1.29 is 9.53 Å². The second kappa shape index (κ2) is 8.81. The van der Waals surface area contributed by atoms with E-state index in [1.807, 2.05) is 31.7 Å². The molecule has 0 radical (unpaired) electrons. The number of methoxy groups -OCH3 is 1. The molecule has 1 N–H and O–H groups in total. The van der Waals surface area contributed by atoms with Crippen LogP contribution in [-0.2, 0) is 18.3 Å². The van der Waals surface area contributed by atoms with Gasteiger partial charge in [0.2, 0.25) is 0 Å². The predicted octanol–water partition coefficient (Wildman–Crippen LogP) is 2.48. The summed E-state index contributed by atoms with van der Waals surface area (Å²) in [7, 11) is 3.41. The lowest BCUT2D eigenvalue weighted by atomic mass is 10.2. The van der Waals surface area contributed by atoms with E-state index in [2.05, 4.69) is 24.7 Å². The average Bonchev–Trinajstić information content (AvgIpc) is 3.13. The van der Waals surface area contributed by atoms with Gasteiger partial charge in [0.1, 0.15) is 10.7 Å². The zero-order valence-electron chi connectivity index (χ0n) is 15.9. The smallest absolute Gasteiger partial charge is 0.350 e. The van der Waals surface area contributed by atoms with Gasteiger partial charge in [0.05, 0.1) is 19.3 Å². The Balaban J connectivity index is 1.61.